The van der Waals surface area contributed by atoms with Crippen molar-refractivity contribution in [3.8, 4) is 0 Å². The summed E-state index contributed by atoms with van der Waals surface area (Å²) in [5.41, 5.74) is 7.59. The maximum Gasteiger partial charge on any atom is 0.452 e. The van der Waals surface area contributed by atoms with Gasteiger partial charge in [0.2, 0.25) is 11.8 Å². The molecule has 4 N–H and O–H groups in total. The second-order valence-corrected chi connectivity index (χ2v) is 15.0. The highest BCUT2D eigenvalue weighted by atomic mass is 19.4. The number of nitrogens with one attached hydrogen (secondary N) is 2. The number of Topliss-reactive ketones (excluding diaryl/α,β-unsaturated/α-hetero) is 2. The van der Waals surface area contributed by atoms with Crippen LogP contribution >= 0.6 is 0 Å². The van der Waals surface area contributed by atoms with Gasteiger partial charge >= 0.3 is 18.1 Å². The van der Waals surface area contributed by atoms with Crippen LogP contribution in [0.2, 0.25) is 0 Å². The molecule has 316 valence electrons. The predicted molar refractivity (Wildman–Crippen MR) is 208 cm³/mol. The van der Waals surface area contributed by atoms with Gasteiger partial charge in [0.05, 0.1) is 12.1 Å². The Morgan fingerprint density at radius 2 is 1.32 bits per heavy atom. The number of rotatable bonds is 18. The number of halogens is 3. The van der Waals surface area contributed by atoms with E-state index in [0.29, 0.717) is 11.1 Å². The molecule has 0 saturated carbocycles. The fraction of sp³-hybridized carbons (Fsp3) is 0.419. The highest BCUT2D eigenvalue weighted by Crippen LogP contribution is 2.29. The van der Waals surface area contributed by atoms with Crippen LogP contribution in [0.15, 0.2) is 84.9 Å². The van der Waals surface area contributed by atoms with Gasteiger partial charge in [-0.25, -0.2) is 0 Å². The van der Waals surface area contributed by atoms with Crippen LogP contribution in [-0.4, -0.2) is 83.5 Å². The molecule has 4 rings (SSSR count). The van der Waals surface area contributed by atoms with Gasteiger partial charge in [0, 0.05) is 30.1 Å². The summed E-state index contributed by atoms with van der Waals surface area (Å²) in [5, 5.41) is 4.79. The lowest BCUT2D eigenvalue weighted by Crippen LogP contribution is -2.57. The molecule has 0 aromatic heterocycles. The van der Waals surface area contributed by atoms with E-state index in [1.165, 1.54) is 38.1 Å². The molecule has 59 heavy (non-hydrogen) atoms. The summed E-state index contributed by atoms with van der Waals surface area (Å²) in [4.78, 5) is 93.6. The first kappa shape index (κ1) is 45.8. The molecule has 0 bridgehead atoms. The van der Waals surface area contributed by atoms with Gasteiger partial charge in [-0.2, -0.15) is 13.2 Å². The molecule has 1 saturated heterocycles. The Labute approximate surface area is 340 Å². The van der Waals surface area contributed by atoms with E-state index >= 15 is 0 Å². The molecular weight excluding hydrogens is 773 g/mol. The average molecular weight is 823 g/mol. The Morgan fingerprint density at radius 1 is 0.780 bits per heavy atom. The van der Waals surface area contributed by atoms with Crippen LogP contribution in [0.4, 0.5) is 13.2 Å². The quantitative estimate of drug-likeness (QED) is 0.0932. The van der Waals surface area contributed by atoms with Gasteiger partial charge in [-0.05, 0) is 47.9 Å². The van der Waals surface area contributed by atoms with Gasteiger partial charge in [0.25, 0.3) is 11.7 Å². The van der Waals surface area contributed by atoms with Crippen molar-refractivity contribution in [2.75, 3.05) is 13.1 Å². The molecule has 2 unspecified atom stereocenters. The molecule has 3 aromatic rings. The van der Waals surface area contributed by atoms with Crippen molar-refractivity contribution in [1.29, 1.82) is 0 Å². The van der Waals surface area contributed by atoms with Crippen LogP contribution in [0.3, 0.4) is 0 Å². The third-order valence-electron chi connectivity index (χ3n) is 9.93. The van der Waals surface area contributed by atoms with Gasteiger partial charge in [0.15, 0.2) is 11.7 Å². The number of nitrogens with two attached hydrogens (primary N) is 1. The first-order chi connectivity index (χ1) is 27.9. The van der Waals surface area contributed by atoms with E-state index in [0.717, 1.165) is 4.90 Å². The fourth-order valence-electron chi connectivity index (χ4n) is 6.43. The third kappa shape index (κ3) is 12.5. The van der Waals surface area contributed by atoms with Gasteiger partial charge < -0.3 is 30.7 Å². The smallest absolute Gasteiger partial charge is 0.452 e. The number of hydrogen-bond acceptors (Lipinski definition) is 10. The number of ether oxygens (including phenoxy) is 2. The second-order valence-electron chi connectivity index (χ2n) is 15.0. The number of carbonyl (C=O) groups is 7. The van der Waals surface area contributed by atoms with E-state index in [1.54, 1.807) is 74.5 Å². The average Bonchev–Trinajstić information content (AvgIpc) is 3.67. The Bertz CT molecular complexity index is 1920. The molecule has 1 fully saturated rings. The van der Waals surface area contributed by atoms with Crippen LogP contribution in [0.1, 0.15) is 72.4 Å². The van der Waals surface area contributed by atoms with Gasteiger partial charge in [-0.1, -0.05) is 100 Å². The molecule has 0 radical (unpaired) electrons. The van der Waals surface area contributed by atoms with Gasteiger partial charge in [-0.3, -0.25) is 33.6 Å². The van der Waals surface area contributed by atoms with Crippen molar-refractivity contribution in [1.82, 2.24) is 15.5 Å². The van der Waals surface area contributed by atoms with Crippen molar-refractivity contribution in [3.63, 3.8) is 0 Å². The Hall–Kier alpha value is -5.90. The van der Waals surface area contributed by atoms with Gasteiger partial charge in [-0.15, -0.1) is 0 Å². The van der Waals surface area contributed by atoms with E-state index in [2.05, 4.69) is 10.6 Å². The van der Waals surface area contributed by atoms with Crippen LogP contribution in [0.5, 0.6) is 0 Å². The van der Waals surface area contributed by atoms with Crippen LogP contribution in [-0.2, 0) is 46.7 Å². The molecule has 16 heteroatoms. The highest BCUT2D eigenvalue weighted by molar-refractivity contribution is 6.03. The third-order valence-corrected chi connectivity index (χ3v) is 9.93. The van der Waals surface area contributed by atoms with Crippen molar-refractivity contribution in [2.24, 2.45) is 29.4 Å². The molecule has 1 aliphatic heterocycles. The molecule has 3 aromatic carbocycles. The maximum absolute atomic E-state index is 13.9. The van der Waals surface area contributed by atoms with Crippen molar-refractivity contribution in [2.45, 2.75) is 78.1 Å². The molecule has 3 amide bonds. The Balaban J connectivity index is 1.46. The summed E-state index contributed by atoms with van der Waals surface area (Å²) < 4.78 is 50.9. The zero-order valence-electron chi connectivity index (χ0n) is 33.2. The maximum atomic E-state index is 13.9. The lowest BCUT2D eigenvalue weighted by atomic mass is 9.93. The molecule has 0 spiro atoms. The fourth-order valence-corrected chi connectivity index (χ4v) is 6.43. The summed E-state index contributed by atoms with van der Waals surface area (Å²) in [6.45, 7) is 5.35. The van der Waals surface area contributed by atoms with Crippen molar-refractivity contribution < 1.29 is 56.2 Å². The lowest BCUT2D eigenvalue weighted by Gasteiger charge is -2.30. The minimum atomic E-state index is -5.23. The largest absolute Gasteiger partial charge is 0.460 e. The highest BCUT2D eigenvalue weighted by Gasteiger charge is 2.48. The number of likely N-dealkylation sites (tertiary alicyclic amines) is 1. The normalized spacial score (nSPS) is 16.4. The first-order valence-corrected chi connectivity index (χ1v) is 19.2. The Kier molecular flexibility index (Phi) is 16.1. The molecule has 1 heterocycles. The summed E-state index contributed by atoms with van der Waals surface area (Å²) in [7, 11) is 0. The summed E-state index contributed by atoms with van der Waals surface area (Å²) in [6.07, 6.45) is -5.69. The van der Waals surface area contributed by atoms with E-state index in [4.69, 9.17) is 15.2 Å². The summed E-state index contributed by atoms with van der Waals surface area (Å²) >= 11 is 0. The minimum absolute atomic E-state index is 0.0400. The second kappa shape index (κ2) is 20.7. The molecule has 4 atom stereocenters. The van der Waals surface area contributed by atoms with Crippen molar-refractivity contribution in [3.05, 3.63) is 107 Å². The molecule has 1 aliphatic rings. The molecular formula is C43H49F3N4O9. The number of alkyl halides is 3. The van der Waals surface area contributed by atoms with E-state index in [-0.39, 0.29) is 56.2 Å². The van der Waals surface area contributed by atoms with E-state index < -0.39 is 83.3 Å². The Morgan fingerprint density at radius 3 is 1.83 bits per heavy atom. The molecule has 13 nitrogen and oxygen atoms in total. The first-order valence-electron chi connectivity index (χ1n) is 19.2. The van der Waals surface area contributed by atoms with Crippen LogP contribution in [0.25, 0.3) is 0 Å². The zero-order chi connectivity index (χ0) is 43.4. The van der Waals surface area contributed by atoms with E-state index in [9.17, 15) is 46.7 Å². The summed E-state index contributed by atoms with van der Waals surface area (Å²) in [6, 6.07) is 18.9. The number of ketones is 2. The monoisotopic (exact) mass is 822 g/mol. The van der Waals surface area contributed by atoms with Crippen molar-refractivity contribution >= 4 is 41.2 Å². The SMILES string of the molecule is CC(C)C(NC(=O)[C@@H]1CC(C(=O)c2cccc(C(=O)NCCC(C(=O)OCc3ccccc3)C(=O)OCc3ccccc3)c2)CN1C(=O)[C@@H](N)C(C)C)C(=O)C(F)(F)F. The number of esters is 2. The number of hydrogen-bond donors (Lipinski definition) is 3. The number of carbonyl (C=O) groups excluding carboxylic acids is 7. The number of benzene rings is 3. The minimum Gasteiger partial charge on any atom is -0.460 e. The summed E-state index contributed by atoms with van der Waals surface area (Å²) in [5.74, 6) is -10.5. The number of amides is 3. The molecule has 0 aliphatic carbocycles. The predicted octanol–water partition coefficient (Wildman–Crippen LogP) is 4.56. The zero-order valence-corrected chi connectivity index (χ0v) is 33.2. The van der Waals surface area contributed by atoms with E-state index in [1.807, 2.05) is 0 Å². The van der Waals surface area contributed by atoms with Crippen LogP contribution < -0.4 is 16.4 Å². The number of nitrogens with zero attached hydrogens (tertiary/aromatic N) is 1. The lowest BCUT2D eigenvalue weighted by molar-refractivity contribution is -0.175. The van der Waals surface area contributed by atoms with Crippen LogP contribution in [0, 0.1) is 23.7 Å². The topological polar surface area (TPSA) is 191 Å². The van der Waals surface area contributed by atoms with Gasteiger partial charge in [0.1, 0.15) is 19.3 Å². The standard InChI is InChI=1S/C43H49F3N4O9/c1-25(2)34(47)40(55)50-22-31(21-33(50)39(54)49-35(26(3)4)37(52)43(44,45)46)36(51)29-16-11-17-30(20-29)38(53)48-19-18-32(41(56)58-23-27-12-7-5-8-13-27)42(57)59-24-28-14-9-6-10-15-28/h5-17,20,25-26,31-35H,18-19,21-24,47H2,1-4H3,(H,48,53)(H,49,54)/t31?,33-,34-,35?/m0/s1.